The second-order valence-electron chi connectivity index (χ2n) is 8.57. The first kappa shape index (κ1) is 20.3. The topological polar surface area (TPSA) is 21.1 Å². The minimum Gasteiger partial charge on any atom is -0.371 e. The average Bonchev–Trinajstić information content (AvgIpc) is 3.03. The Morgan fingerprint density at radius 3 is 2.48 bits per heavy atom. The van der Waals surface area contributed by atoms with Gasteiger partial charge in [-0.1, -0.05) is 19.9 Å². The molecule has 0 saturated carbocycles. The zero-order valence-electron chi connectivity index (χ0n) is 18.2. The number of thioether (sulfide) groups is 1. The number of fused-ring (bicyclic) bond motifs is 1. The van der Waals surface area contributed by atoms with Gasteiger partial charge in [0, 0.05) is 40.9 Å². The summed E-state index contributed by atoms with van der Waals surface area (Å²) in [5.74, 6) is 0.856. The van der Waals surface area contributed by atoms with Crippen LogP contribution in [-0.2, 0) is 0 Å². The molecule has 1 aliphatic rings. The largest absolute Gasteiger partial charge is 0.371 e. The number of hydrogen-bond acceptors (Lipinski definition) is 3. The second-order valence-corrected chi connectivity index (χ2v) is 9.42. The third-order valence-electron chi connectivity index (χ3n) is 6.06. The predicted molar refractivity (Wildman–Crippen MR) is 126 cm³/mol. The van der Waals surface area contributed by atoms with Crippen molar-refractivity contribution < 1.29 is 0 Å². The van der Waals surface area contributed by atoms with Crippen molar-refractivity contribution in [3.8, 4) is 5.69 Å². The minimum atomic E-state index is 0.332. The molecule has 1 aromatic carbocycles. The molecular formula is C25H31N3S. The highest BCUT2D eigenvalue weighted by molar-refractivity contribution is 7.98. The van der Waals surface area contributed by atoms with Crippen LogP contribution in [0.2, 0.25) is 0 Å². The molecule has 0 unspecified atom stereocenters. The highest BCUT2D eigenvalue weighted by Gasteiger charge is 2.22. The molecule has 2 radical (unpaired) electrons. The Labute approximate surface area is 179 Å². The highest BCUT2D eigenvalue weighted by Crippen LogP contribution is 2.37. The zero-order valence-corrected chi connectivity index (χ0v) is 19.0. The maximum absolute atomic E-state index is 6.15. The molecule has 0 bridgehead atoms. The van der Waals surface area contributed by atoms with Gasteiger partial charge in [-0.2, -0.15) is 0 Å². The quantitative estimate of drug-likeness (QED) is 0.468. The van der Waals surface area contributed by atoms with E-state index in [-0.39, 0.29) is 0 Å². The van der Waals surface area contributed by atoms with Gasteiger partial charge in [0.1, 0.15) is 5.65 Å². The molecule has 2 aromatic heterocycles. The molecule has 4 rings (SSSR count). The van der Waals surface area contributed by atoms with Crippen LogP contribution < -0.4 is 4.90 Å². The van der Waals surface area contributed by atoms with Gasteiger partial charge in [0.25, 0.3) is 0 Å². The number of aryl methyl sites for hydroxylation is 2. The smallest absolute Gasteiger partial charge is 0.147 e. The molecule has 0 amide bonds. The van der Waals surface area contributed by atoms with Crippen molar-refractivity contribution >= 4 is 28.5 Å². The van der Waals surface area contributed by atoms with Gasteiger partial charge < -0.3 is 4.90 Å². The first-order valence-electron chi connectivity index (χ1n) is 10.6. The van der Waals surface area contributed by atoms with E-state index in [1.165, 1.54) is 32.8 Å². The van der Waals surface area contributed by atoms with Gasteiger partial charge in [0.05, 0.1) is 5.69 Å². The summed E-state index contributed by atoms with van der Waals surface area (Å²) in [6.07, 6.45) is 6.51. The summed E-state index contributed by atoms with van der Waals surface area (Å²) in [5.41, 5.74) is 7.29. The standard InChI is InChI=1S/C25H31N3S/c1-16(2)20-7-8-21(23(14-20)29-6)28-15-18(4)24-22(13-19(5)26-25(24)28)27-11-9-17(3)10-12-27/h3,7-8,13-17H,9-12H2,1-2,4-6H3. The summed E-state index contributed by atoms with van der Waals surface area (Å²) in [7, 11) is 0. The summed E-state index contributed by atoms with van der Waals surface area (Å²) in [6, 6.07) is 9.08. The van der Waals surface area contributed by atoms with E-state index in [1.807, 2.05) is 0 Å². The van der Waals surface area contributed by atoms with Crippen LogP contribution in [0.15, 0.2) is 35.4 Å². The maximum atomic E-state index is 6.15. The van der Waals surface area contributed by atoms with Crippen LogP contribution in [0.1, 0.15) is 49.4 Å². The number of hydrogen-bond donors (Lipinski definition) is 0. The van der Waals surface area contributed by atoms with E-state index in [1.54, 1.807) is 11.8 Å². The molecule has 1 aliphatic heterocycles. The summed E-state index contributed by atoms with van der Waals surface area (Å²) in [6.45, 7) is 17.0. The van der Waals surface area contributed by atoms with Gasteiger partial charge in [0.15, 0.2) is 0 Å². The average molecular weight is 406 g/mol. The van der Waals surface area contributed by atoms with E-state index in [0.29, 0.717) is 11.8 Å². The number of piperidine rings is 1. The van der Waals surface area contributed by atoms with Crippen molar-refractivity contribution in [2.45, 2.75) is 51.3 Å². The van der Waals surface area contributed by atoms with Crippen LogP contribution in [0.4, 0.5) is 5.69 Å². The number of benzene rings is 1. The van der Waals surface area contributed by atoms with Gasteiger partial charge in [-0.3, -0.25) is 4.57 Å². The fourth-order valence-corrected chi connectivity index (χ4v) is 4.97. The van der Waals surface area contributed by atoms with Crippen LogP contribution in [0.25, 0.3) is 16.7 Å². The Hall–Kier alpha value is -1.94. The lowest BCUT2D eigenvalue weighted by atomic mass is 9.98. The minimum absolute atomic E-state index is 0.332. The Balaban J connectivity index is 1.88. The first-order valence-corrected chi connectivity index (χ1v) is 11.8. The Morgan fingerprint density at radius 1 is 1.10 bits per heavy atom. The van der Waals surface area contributed by atoms with Crippen molar-refractivity contribution in [3.05, 3.63) is 54.2 Å². The second kappa shape index (κ2) is 8.06. The molecule has 3 nitrogen and oxygen atoms in total. The molecule has 0 atom stereocenters. The van der Waals surface area contributed by atoms with Crippen molar-refractivity contribution in [3.63, 3.8) is 0 Å². The third-order valence-corrected chi connectivity index (χ3v) is 6.83. The van der Waals surface area contributed by atoms with E-state index in [2.05, 4.69) is 73.9 Å². The molecular weight excluding hydrogens is 374 g/mol. The Morgan fingerprint density at radius 2 is 1.83 bits per heavy atom. The van der Waals surface area contributed by atoms with E-state index < -0.39 is 0 Å². The summed E-state index contributed by atoms with van der Waals surface area (Å²) >= 11 is 1.80. The van der Waals surface area contributed by atoms with Crippen molar-refractivity contribution in [2.24, 2.45) is 5.92 Å². The first-order chi connectivity index (χ1) is 13.9. The maximum Gasteiger partial charge on any atom is 0.147 e. The zero-order chi connectivity index (χ0) is 20.7. The molecule has 1 saturated heterocycles. The SMILES string of the molecule is [CH]C1CCN(c2cc(C)nc3c2c(C)cn3-c2ccc(C(C)C)cc2SC)CC1. The van der Waals surface area contributed by atoms with Crippen LogP contribution in [-0.4, -0.2) is 28.9 Å². The summed E-state index contributed by atoms with van der Waals surface area (Å²) in [5, 5.41) is 1.27. The van der Waals surface area contributed by atoms with E-state index >= 15 is 0 Å². The fourth-order valence-electron chi connectivity index (χ4n) is 4.34. The van der Waals surface area contributed by atoms with Crippen LogP contribution >= 0.6 is 11.8 Å². The molecule has 3 heterocycles. The van der Waals surface area contributed by atoms with Crippen molar-refractivity contribution in [1.82, 2.24) is 9.55 Å². The fraction of sp³-hybridized carbons (Fsp3) is 0.440. The highest BCUT2D eigenvalue weighted by atomic mass is 32.2. The summed E-state index contributed by atoms with van der Waals surface area (Å²) < 4.78 is 2.28. The number of nitrogens with zero attached hydrogens (tertiary/aromatic N) is 3. The molecule has 152 valence electrons. The number of anilines is 1. The molecule has 3 aromatic rings. The van der Waals surface area contributed by atoms with Gasteiger partial charge in [-0.05, 0) is 81.0 Å². The normalized spacial score (nSPS) is 15.6. The van der Waals surface area contributed by atoms with Crippen LogP contribution in [0.5, 0.6) is 0 Å². The van der Waals surface area contributed by atoms with E-state index in [0.717, 1.165) is 37.3 Å². The lowest BCUT2D eigenvalue weighted by Crippen LogP contribution is -2.33. The molecule has 0 N–H and O–H groups in total. The van der Waals surface area contributed by atoms with E-state index in [9.17, 15) is 0 Å². The lowest BCUT2D eigenvalue weighted by Gasteiger charge is -2.32. The van der Waals surface area contributed by atoms with Gasteiger partial charge >= 0.3 is 0 Å². The van der Waals surface area contributed by atoms with Crippen molar-refractivity contribution in [1.29, 1.82) is 0 Å². The van der Waals surface area contributed by atoms with E-state index in [4.69, 9.17) is 11.9 Å². The van der Waals surface area contributed by atoms with Gasteiger partial charge in [-0.15, -0.1) is 11.8 Å². The lowest BCUT2D eigenvalue weighted by molar-refractivity contribution is 0.476. The van der Waals surface area contributed by atoms with Crippen LogP contribution in [0.3, 0.4) is 0 Å². The molecule has 0 spiro atoms. The monoisotopic (exact) mass is 405 g/mol. The number of aromatic nitrogens is 2. The van der Waals surface area contributed by atoms with Gasteiger partial charge in [-0.25, -0.2) is 4.98 Å². The van der Waals surface area contributed by atoms with Crippen molar-refractivity contribution in [2.75, 3.05) is 24.2 Å². The third kappa shape index (κ3) is 3.79. The molecule has 4 heteroatoms. The molecule has 0 aliphatic carbocycles. The number of pyridine rings is 1. The molecule has 1 fully saturated rings. The van der Waals surface area contributed by atoms with Gasteiger partial charge in [0.2, 0.25) is 0 Å². The van der Waals surface area contributed by atoms with Crippen LogP contribution in [0, 0.1) is 26.7 Å². The molecule has 29 heavy (non-hydrogen) atoms. The predicted octanol–water partition coefficient (Wildman–Crippen LogP) is 6.42. The summed E-state index contributed by atoms with van der Waals surface area (Å²) in [4.78, 5) is 8.77. The Bertz CT molecular complexity index is 1030. The Kier molecular flexibility index (Phi) is 5.65. The number of rotatable bonds is 4.